The van der Waals surface area contributed by atoms with Crippen LogP contribution in [0.4, 0.5) is 9.59 Å². The average molecular weight is 816 g/mol. The molecule has 14 nitrogen and oxygen atoms in total. The van der Waals surface area contributed by atoms with Crippen molar-refractivity contribution in [3.05, 3.63) is 60.3 Å². The number of hydrogen-bond acceptors (Lipinski definition) is 11. The Balaban J connectivity index is -0.000000382. The maximum absolute atomic E-state index is 11.8. The Bertz CT molecular complexity index is 1390. The van der Waals surface area contributed by atoms with Gasteiger partial charge >= 0.3 is 49.0 Å². The van der Waals surface area contributed by atoms with Gasteiger partial charge in [-0.05, 0) is 81.7 Å². The molecule has 0 aliphatic carbocycles. The summed E-state index contributed by atoms with van der Waals surface area (Å²) in [6, 6.07) is 8.21. The van der Waals surface area contributed by atoms with Gasteiger partial charge in [0, 0.05) is 0 Å². The Morgan fingerprint density at radius 2 is 1.31 bits per heavy atom. The van der Waals surface area contributed by atoms with E-state index < -0.39 is 35.8 Å². The zero-order chi connectivity index (χ0) is 43.8. The number of likely N-dealkylation sites (N-methyl/N-ethyl adjacent to an activating group) is 1. The first kappa shape index (κ1) is 60.8. The number of hydrogen-bond donors (Lipinski definition) is 4. The number of carbonyl (C=O) groups is 5. The van der Waals surface area contributed by atoms with E-state index in [1.165, 1.54) is 14.2 Å². The summed E-state index contributed by atoms with van der Waals surface area (Å²) in [6.45, 7) is 25.9. The van der Waals surface area contributed by atoms with Gasteiger partial charge in [0.25, 0.3) is 0 Å². The monoisotopic (exact) mass is 816 g/mol. The van der Waals surface area contributed by atoms with Crippen molar-refractivity contribution in [3.8, 4) is 0 Å². The first-order chi connectivity index (χ1) is 25.8. The fourth-order valence-electron chi connectivity index (χ4n) is 4.27. The van der Waals surface area contributed by atoms with Gasteiger partial charge in [-0.15, -0.1) is 6.58 Å². The first-order valence-corrected chi connectivity index (χ1v) is 19.2. The second kappa shape index (κ2) is 30.2. The van der Waals surface area contributed by atoms with E-state index in [0.717, 1.165) is 37.7 Å². The van der Waals surface area contributed by atoms with E-state index in [1.807, 2.05) is 44.2 Å². The van der Waals surface area contributed by atoms with Crippen molar-refractivity contribution in [2.24, 2.45) is 16.2 Å². The molecule has 2 atom stereocenters. The minimum atomic E-state index is -1.03. The third-order valence-electron chi connectivity index (χ3n) is 9.20. The van der Waals surface area contributed by atoms with Crippen LogP contribution in [0.25, 0.3) is 0 Å². The summed E-state index contributed by atoms with van der Waals surface area (Å²) < 4.78 is 19.5. The first-order valence-electron chi connectivity index (χ1n) is 19.2. The molecule has 5 N–H and O–H groups in total. The second-order valence-electron chi connectivity index (χ2n) is 16.7. The maximum Gasteiger partial charge on any atom is 1.00 e. The molecule has 328 valence electrons. The quantitative estimate of drug-likeness (QED) is 0.0446. The van der Waals surface area contributed by atoms with Crippen LogP contribution in [0.5, 0.6) is 0 Å². The van der Waals surface area contributed by atoms with E-state index in [2.05, 4.69) is 68.8 Å². The molecule has 2 amide bonds. The Morgan fingerprint density at radius 3 is 1.71 bits per heavy atom. The van der Waals surface area contributed by atoms with Gasteiger partial charge in [0.1, 0.15) is 30.0 Å². The van der Waals surface area contributed by atoms with Crippen LogP contribution in [0.1, 0.15) is 127 Å². The van der Waals surface area contributed by atoms with Crippen LogP contribution < -0.4 is 34.8 Å². The predicted molar refractivity (Wildman–Crippen MR) is 223 cm³/mol. The second-order valence-corrected chi connectivity index (χ2v) is 16.7. The number of aliphatic carboxylic acids is 1. The normalized spacial score (nSPS) is 12.4. The molecule has 0 saturated heterocycles. The molecular formula is C43H74LiN3O11. The molecule has 1 rings (SSSR count). The summed E-state index contributed by atoms with van der Waals surface area (Å²) in [7, 11) is 4.48. The number of amides is 2. The molecule has 0 heterocycles. The van der Waals surface area contributed by atoms with Crippen molar-refractivity contribution in [2.45, 2.75) is 145 Å². The third-order valence-corrected chi connectivity index (χ3v) is 9.20. The number of esters is 2. The fraction of sp³-hybridized carbons (Fsp3) is 0.651. The van der Waals surface area contributed by atoms with Crippen LogP contribution in [0.3, 0.4) is 0 Å². The molecule has 1 aromatic carbocycles. The molecule has 0 saturated carbocycles. The van der Waals surface area contributed by atoms with Gasteiger partial charge in [-0.3, -0.25) is 10.1 Å². The summed E-state index contributed by atoms with van der Waals surface area (Å²) in [6.07, 6.45) is 7.62. The molecule has 15 heteroatoms. The Morgan fingerprint density at radius 1 is 0.810 bits per heavy atom. The number of allylic oxidation sites excluding steroid dienone is 2. The predicted octanol–water partition coefficient (Wildman–Crippen LogP) is 5.54. The summed E-state index contributed by atoms with van der Waals surface area (Å²) in [5.74, 6) is -1.82. The number of methoxy groups -OCH3 is 2. The van der Waals surface area contributed by atoms with Crippen molar-refractivity contribution in [3.63, 3.8) is 0 Å². The van der Waals surface area contributed by atoms with Gasteiger partial charge in [-0.1, -0.05) is 111 Å². The van der Waals surface area contributed by atoms with Crippen molar-refractivity contribution < 1.29 is 72.4 Å². The molecule has 0 bridgehead atoms. The standard InChI is InChI=1S/C18H23NO4.C14H27NO4.C11H23NO2.Li.H2O/c1-5-18(2,3)12-11-15(16(20)22-4)19-17(21)23-13-14-9-7-6-8-10-14;1-7-14(5,6)9-8-10(11(16)17)15-12(18)19-13(2,3)4;1-6-11(2,3)8-7-9(12-4)10(13)14-5;;/h5-11H,1,12-13H2,2-4H3,(H,19,21);10H,7-9H2,1-6H3,(H,15,18)(H,16,17);9,12H,6-8H2,1-5H3;;1H2/q;;;+1;/p-1/b15-11-;;;;/t;10-;9-;;/m.00../s1. The van der Waals surface area contributed by atoms with Crippen LogP contribution in [-0.4, -0.2) is 79.6 Å². The fourth-order valence-corrected chi connectivity index (χ4v) is 4.27. The molecule has 0 unspecified atom stereocenters. The maximum atomic E-state index is 11.8. The Kier molecular flexibility index (Phi) is 31.7. The van der Waals surface area contributed by atoms with E-state index in [-0.39, 0.29) is 59.5 Å². The van der Waals surface area contributed by atoms with E-state index in [0.29, 0.717) is 18.3 Å². The number of alkyl carbamates (subject to hydrolysis) is 2. The molecule has 58 heavy (non-hydrogen) atoms. The van der Waals surface area contributed by atoms with Crippen molar-refractivity contribution in [2.75, 3.05) is 21.3 Å². The molecule has 0 aromatic heterocycles. The number of ether oxygens (including phenoxy) is 4. The SMILES string of the molecule is C=CC(C)(C)C/C=C(\NC(=O)OCc1ccccc1)C(=O)OC.CCC(C)(C)CC[C@H](NC(=O)OC(C)(C)C)C(=O)O.CCC(C)(C)CC[C@H](NC)C(=O)OC.[Li+].[OH-]. The smallest absolute Gasteiger partial charge is 0.870 e. The molecular weight excluding hydrogens is 741 g/mol. The van der Waals surface area contributed by atoms with Crippen molar-refractivity contribution in [1.82, 2.24) is 16.0 Å². The van der Waals surface area contributed by atoms with E-state index in [9.17, 15) is 24.0 Å². The van der Waals surface area contributed by atoms with Crippen LogP contribution >= 0.6 is 0 Å². The Hall–Kier alpha value is -3.83. The average Bonchev–Trinajstić information content (AvgIpc) is 3.14. The van der Waals surface area contributed by atoms with E-state index in [1.54, 1.807) is 40.0 Å². The van der Waals surface area contributed by atoms with Crippen molar-refractivity contribution >= 4 is 30.1 Å². The third kappa shape index (κ3) is 30.3. The summed E-state index contributed by atoms with van der Waals surface area (Å²) in [5.41, 5.74) is 0.469. The number of carbonyl (C=O) groups excluding carboxylic acids is 4. The van der Waals surface area contributed by atoms with Crippen LogP contribution in [0.2, 0.25) is 0 Å². The molecule has 0 aliphatic heterocycles. The summed E-state index contributed by atoms with van der Waals surface area (Å²) in [4.78, 5) is 57.5. The number of rotatable bonds is 19. The van der Waals surface area contributed by atoms with E-state index >= 15 is 0 Å². The van der Waals surface area contributed by atoms with Crippen molar-refractivity contribution in [1.29, 1.82) is 0 Å². The molecule has 0 fully saturated rings. The van der Waals surface area contributed by atoms with Gasteiger partial charge in [-0.2, -0.15) is 0 Å². The molecule has 0 aliphatic rings. The molecule has 1 aromatic rings. The minimum Gasteiger partial charge on any atom is -0.870 e. The largest absolute Gasteiger partial charge is 1.00 e. The minimum absolute atomic E-state index is 0. The van der Waals surface area contributed by atoms with Crippen LogP contribution in [-0.2, 0) is 39.9 Å². The molecule has 0 radical (unpaired) electrons. The Labute approximate surface area is 360 Å². The number of nitrogens with one attached hydrogen (secondary N) is 3. The van der Waals surface area contributed by atoms with E-state index in [4.69, 9.17) is 19.3 Å². The van der Waals surface area contributed by atoms with Crippen LogP contribution in [0, 0.1) is 16.2 Å². The van der Waals surface area contributed by atoms with Gasteiger partial charge in [-0.25, -0.2) is 19.2 Å². The topological polar surface area (TPSA) is 209 Å². The number of benzene rings is 1. The van der Waals surface area contributed by atoms with Crippen LogP contribution in [0.15, 0.2) is 54.8 Å². The number of carboxylic acids is 1. The summed E-state index contributed by atoms with van der Waals surface area (Å²) in [5, 5.41) is 16.9. The molecule has 0 spiro atoms. The number of carboxylic acid groups (broad SMARTS) is 1. The van der Waals surface area contributed by atoms with Gasteiger partial charge in [0.15, 0.2) is 0 Å². The summed E-state index contributed by atoms with van der Waals surface area (Å²) >= 11 is 0. The van der Waals surface area contributed by atoms with Gasteiger partial charge < -0.3 is 40.2 Å². The van der Waals surface area contributed by atoms with Gasteiger partial charge in [0.2, 0.25) is 0 Å². The zero-order valence-electron chi connectivity index (χ0n) is 38.1. The zero-order valence-corrected chi connectivity index (χ0v) is 38.1. The van der Waals surface area contributed by atoms with Gasteiger partial charge in [0.05, 0.1) is 14.2 Å².